The molecule has 0 aliphatic carbocycles. The molecule has 0 aliphatic heterocycles. The number of hydrogen-bond donors (Lipinski definition) is 1. The molecule has 1 N–H and O–H groups in total. The summed E-state index contributed by atoms with van der Waals surface area (Å²) in [5, 5.41) is 3.20. The molecule has 21 heavy (non-hydrogen) atoms. The number of aromatic nitrogens is 2. The molecule has 0 saturated carbocycles. The van der Waals surface area contributed by atoms with Gasteiger partial charge in [-0.3, -0.25) is 14.9 Å². The first kappa shape index (κ1) is 13.1. The minimum Gasteiger partial charge on any atom is -0.314 e. The molecule has 0 spiro atoms. The van der Waals surface area contributed by atoms with E-state index in [9.17, 15) is 9.59 Å². The number of benzene rings is 2. The fourth-order valence-electron chi connectivity index (χ4n) is 2.17. The van der Waals surface area contributed by atoms with Crippen molar-refractivity contribution in [3.63, 3.8) is 0 Å². The predicted octanol–water partition coefficient (Wildman–Crippen LogP) is 2.19. The molecule has 0 aliphatic rings. The molecule has 0 radical (unpaired) electrons. The lowest BCUT2D eigenvalue weighted by atomic mass is 10.2. The summed E-state index contributed by atoms with van der Waals surface area (Å²) >= 11 is 0. The molecule has 0 atom stereocenters. The molecule has 1 aromatic heterocycles. The van der Waals surface area contributed by atoms with Crippen LogP contribution < -0.4 is 10.9 Å². The fourth-order valence-corrected chi connectivity index (χ4v) is 2.17. The molecule has 3 aromatic rings. The van der Waals surface area contributed by atoms with Gasteiger partial charge in [0.25, 0.3) is 11.5 Å². The Morgan fingerprint density at radius 3 is 2.48 bits per heavy atom. The summed E-state index contributed by atoms with van der Waals surface area (Å²) in [6, 6.07) is 16.0. The number of anilines is 1. The van der Waals surface area contributed by atoms with Crippen molar-refractivity contribution in [1.82, 2.24) is 9.55 Å². The Kier molecular flexibility index (Phi) is 3.23. The van der Waals surface area contributed by atoms with Gasteiger partial charge in [-0.25, -0.2) is 0 Å². The highest BCUT2D eigenvalue weighted by atomic mass is 16.2. The Morgan fingerprint density at radius 2 is 1.71 bits per heavy atom. The summed E-state index contributed by atoms with van der Waals surface area (Å²) in [4.78, 5) is 28.1. The molecule has 104 valence electrons. The van der Waals surface area contributed by atoms with Crippen molar-refractivity contribution >= 4 is 22.8 Å². The number of fused-ring (bicyclic) bond motifs is 1. The average Bonchev–Trinajstić information content (AvgIpc) is 2.53. The van der Waals surface area contributed by atoms with Gasteiger partial charge < -0.3 is 4.57 Å². The molecule has 5 nitrogen and oxygen atoms in total. The van der Waals surface area contributed by atoms with Crippen LogP contribution in [0.3, 0.4) is 0 Å². The highest BCUT2D eigenvalue weighted by Crippen LogP contribution is 2.13. The monoisotopic (exact) mass is 279 g/mol. The van der Waals surface area contributed by atoms with Crippen molar-refractivity contribution in [2.45, 2.75) is 0 Å². The van der Waals surface area contributed by atoms with Crippen LogP contribution in [0.5, 0.6) is 0 Å². The second-order valence-corrected chi connectivity index (χ2v) is 4.64. The molecule has 1 amide bonds. The number of hydrogen-bond acceptors (Lipinski definition) is 3. The van der Waals surface area contributed by atoms with E-state index in [4.69, 9.17) is 0 Å². The topological polar surface area (TPSA) is 64.0 Å². The maximum absolute atomic E-state index is 12.1. The second kappa shape index (κ2) is 5.20. The molecule has 3 rings (SSSR count). The lowest BCUT2D eigenvalue weighted by molar-refractivity contribution is 0.102. The van der Waals surface area contributed by atoms with Gasteiger partial charge in [0, 0.05) is 12.6 Å². The predicted molar refractivity (Wildman–Crippen MR) is 81.4 cm³/mol. The molecular weight excluding hydrogens is 266 g/mol. The zero-order valence-corrected chi connectivity index (χ0v) is 11.4. The first-order valence-electron chi connectivity index (χ1n) is 6.49. The van der Waals surface area contributed by atoms with Crippen LogP contribution in [0.2, 0.25) is 0 Å². The van der Waals surface area contributed by atoms with E-state index in [1.54, 1.807) is 48.0 Å². The Balaban J connectivity index is 2.04. The van der Waals surface area contributed by atoms with Crippen molar-refractivity contribution in [3.05, 3.63) is 70.5 Å². The number of nitrogens with one attached hydrogen (secondary N) is 1. The van der Waals surface area contributed by atoms with E-state index in [0.717, 1.165) is 5.52 Å². The number of amides is 1. The first-order valence-corrected chi connectivity index (χ1v) is 6.49. The zero-order valence-electron chi connectivity index (χ0n) is 11.4. The van der Waals surface area contributed by atoms with Crippen molar-refractivity contribution in [2.24, 2.45) is 7.05 Å². The molecular formula is C16H13N3O2. The number of nitrogens with zero attached hydrogens (tertiary/aromatic N) is 2. The summed E-state index contributed by atoms with van der Waals surface area (Å²) in [5.41, 5.74) is 0.882. The highest BCUT2D eigenvalue weighted by Gasteiger charge is 2.11. The molecule has 0 fully saturated rings. The van der Waals surface area contributed by atoms with Crippen LogP contribution in [0.15, 0.2) is 59.4 Å². The van der Waals surface area contributed by atoms with Gasteiger partial charge in [0.1, 0.15) is 0 Å². The fraction of sp³-hybridized carbons (Fsp3) is 0.0625. The van der Waals surface area contributed by atoms with Crippen LogP contribution in [0.1, 0.15) is 10.4 Å². The van der Waals surface area contributed by atoms with Gasteiger partial charge in [-0.15, -0.1) is 0 Å². The summed E-state index contributed by atoms with van der Waals surface area (Å²) in [6.45, 7) is 0. The standard InChI is InChI=1S/C16H13N3O2/c1-19-13-10-6-5-9-12(13)15(21)18-16(19)17-14(20)11-7-3-2-4-8-11/h2-10H,1H3,(H,17,18,20,21). The first-order chi connectivity index (χ1) is 10.2. The third-order valence-corrected chi connectivity index (χ3v) is 3.28. The molecule has 0 saturated heterocycles. The lowest BCUT2D eigenvalue weighted by Crippen LogP contribution is -2.21. The van der Waals surface area contributed by atoms with E-state index < -0.39 is 0 Å². The molecule has 5 heteroatoms. The number of aryl methyl sites for hydroxylation is 1. The summed E-state index contributed by atoms with van der Waals surface area (Å²) in [5.74, 6) is -0.0686. The van der Waals surface area contributed by atoms with Crippen LogP contribution in [0.4, 0.5) is 5.95 Å². The van der Waals surface area contributed by atoms with E-state index in [-0.39, 0.29) is 17.4 Å². The third kappa shape index (κ3) is 2.41. The van der Waals surface area contributed by atoms with E-state index in [1.807, 2.05) is 18.2 Å². The quantitative estimate of drug-likeness (QED) is 0.782. The zero-order chi connectivity index (χ0) is 14.8. The molecule has 2 aromatic carbocycles. The second-order valence-electron chi connectivity index (χ2n) is 4.64. The Labute approximate surface area is 120 Å². The van der Waals surface area contributed by atoms with Gasteiger partial charge in [-0.1, -0.05) is 30.3 Å². The van der Waals surface area contributed by atoms with Crippen molar-refractivity contribution < 1.29 is 4.79 Å². The molecule has 0 unspecified atom stereocenters. The highest BCUT2D eigenvalue weighted by molar-refractivity contribution is 6.03. The molecule has 0 bridgehead atoms. The normalized spacial score (nSPS) is 10.5. The van der Waals surface area contributed by atoms with Gasteiger partial charge >= 0.3 is 0 Å². The number of rotatable bonds is 2. The molecule has 1 heterocycles. The Bertz CT molecular complexity index is 870. The van der Waals surface area contributed by atoms with Crippen molar-refractivity contribution in [3.8, 4) is 0 Å². The van der Waals surface area contributed by atoms with Gasteiger partial charge in [0.15, 0.2) is 0 Å². The minimum atomic E-state index is -0.355. The third-order valence-electron chi connectivity index (χ3n) is 3.28. The van der Waals surface area contributed by atoms with E-state index in [1.165, 1.54) is 0 Å². The minimum absolute atomic E-state index is 0.229. The Morgan fingerprint density at radius 1 is 1.05 bits per heavy atom. The van der Waals surface area contributed by atoms with Crippen LogP contribution in [0, 0.1) is 0 Å². The summed E-state index contributed by atoms with van der Waals surface area (Å²) in [7, 11) is 1.76. The van der Waals surface area contributed by atoms with Crippen LogP contribution in [0.25, 0.3) is 10.9 Å². The van der Waals surface area contributed by atoms with Gasteiger partial charge in [-0.2, -0.15) is 4.98 Å². The van der Waals surface area contributed by atoms with E-state index in [0.29, 0.717) is 10.9 Å². The van der Waals surface area contributed by atoms with Crippen LogP contribution in [-0.4, -0.2) is 15.5 Å². The SMILES string of the molecule is Cn1c(NC(=O)c2ccccc2)nc(=O)c2ccccc21. The van der Waals surface area contributed by atoms with Gasteiger partial charge in [0.05, 0.1) is 10.9 Å². The van der Waals surface area contributed by atoms with E-state index in [2.05, 4.69) is 10.3 Å². The van der Waals surface area contributed by atoms with E-state index >= 15 is 0 Å². The Hall–Kier alpha value is -2.95. The van der Waals surface area contributed by atoms with Crippen LogP contribution >= 0.6 is 0 Å². The van der Waals surface area contributed by atoms with Gasteiger partial charge in [-0.05, 0) is 24.3 Å². The lowest BCUT2D eigenvalue weighted by Gasteiger charge is -2.11. The van der Waals surface area contributed by atoms with Crippen LogP contribution in [-0.2, 0) is 7.05 Å². The smallest absolute Gasteiger partial charge is 0.282 e. The van der Waals surface area contributed by atoms with Crippen molar-refractivity contribution in [1.29, 1.82) is 0 Å². The maximum Gasteiger partial charge on any atom is 0.282 e. The summed E-state index contributed by atoms with van der Waals surface area (Å²) < 4.78 is 1.69. The maximum atomic E-state index is 12.1. The van der Waals surface area contributed by atoms with Crippen molar-refractivity contribution in [2.75, 3.05) is 5.32 Å². The number of para-hydroxylation sites is 1. The largest absolute Gasteiger partial charge is 0.314 e. The number of carbonyl (C=O) groups excluding carboxylic acids is 1. The number of carbonyl (C=O) groups is 1. The summed E-state index contributed by atoms with van der Waals surface area (Å²) in [6.07, 6.45) is 0. The van der Waals surface area contributed by atoms with Gasteiger partial charge in [0.2, 0.25) is 5.95 Å². The average molecular weight is 279 g/mol.